The van der Waals surface area contributed by atoms with Crippen LogP contribution in [-0.2, 0) is 15.6 Å². The van der Waals surface area contributed by atoms with Gasteiger partial charge in [-0.1, -0.05) is 6.07 Å². The summed E-state index contributed by atoms with van der Waals surface area (Å²) < 4.78 is 37.1. The molecule has 1 heterocycles. The molecule has 0 fully saturated rings. The van der Waals surface area contributed by atoms with Crippen molar-refractivity contribution in [3.8, 4) is 0 Å². The summed E-state index contributed by atoms with van der Waals surface area (Å²) in [5.41, 5.74) is 1.58. The molecule has 0 aliphatic heterocycles. The first-order valence-corrected chi connectivity index (χ1v) is 9.60. The van der Waals surface area contributed by atoms with Crippen LogP contribution in [0.1, 0.15) is 19.4 Å². The van der Waals surface area contributed by atoms with Crippen LogP contribution in [0.25, 0.3) is 10.9 Å². The lowest BCUT2D eigenvalue weighted by molar-refractivity contribution is 0.589. The number of hydrogen-bond donors (Lipinski definition) is 0. The van der Waals surface area contributed by atoms with E-state index < -0.39 is 9.84 Å². The number of pyridine rings is 1. The summed E-state index contributed by atoms with van der Waals surface area (Å²) in [5.74, 6) is 1.05. The van der Waals surface area contributed by atoms with E-state index in [0.29, 0.717) is 22.4 Å². The van der Waals surface area contributed by atoms with Crippen LogP contribution in [0.4, 0.5) is 4.39 Å². The number of fused-ring (bicyclic) bond motifs is 1. The van der Waals surface area contributed by atoms with Crippen LogP contribution in [0, 0.1) is 5.82 Å². The summed E-state index contributed by atoms with van der Waals surface area (Å²) in [6.07, 6.45) is 1.64. The van der Waals surface area contributed by atoms with Crippen molar-refractivity contribution in [2.75, 3.05) is 11.5 Å². The van der Waals surface area contributed by atoms with Crippen LogP contribution < -0.4 is 0 Å². The number of hydrogen-bond acceptors (Lipinski definition) is 4. The molecule has 2 rings (SSSR count). The molecule has 2 aromatic rings. The Balaban J connectivity index is 2.04. The van der Waals surface area contributed by atoms with Gasteiger partial charge >= 0.3 is 0 Å². The first-order chi connectivity index (χ1) is 9.92. The summed E-state index contributed by atoms with van der Waals surface area (Å²) in [6, 6.07) is 6.56. The molecule has 0 atom stereocenters. The van der Waals surface area contributed by atoms with Gasteiger partial charge in [0.1, 0.15) is 5.82 Å². The second-order valence-corrected chi connectivity index (χ2v) is 8.86. The number of benzene rings is 1. The van der Waals surface area contributed by atoms with Gasteiger partial charge in [-0.2, -0.15) is 11.8 Å². The van der Waals surface area contributed by atoms with E-state index in [4.69, 9.17) is 0 Å². The molecule has 0 amide bonds. The van der Waals surface area contributed by atoms with Crippen LogP contribution in [-0.4, -0.2) is 30.2 Å². The third-order valence-corrected chi connectivity index (χ3v) is 6.76. The van der Waals surface area contributed by atoms with E-state index in [2.05, 4.69) is 4.98 Å². The summed E-state index contributed by atoms with van der Waals surface area (Å²) in [6.45, 7) is 3.38. The van der Waals surface area contributed by atoms with E-state index in [1.54, 1.807) is 38.2 Å². The molecule has 0 saturated heterocycles. The number of nitrogens with zero attached hydrogens (tertiary/aromatic N) is 1. The molecule has 1 aromatic carbocycles. The zero-order valence-corrected chi connectivity index (χ0v) is 13.7. The van der Waals surface area contributed by atoms with Crippen molar-refractivity contribution < 1.29 is 12.8 Å². The molecule has 0 radical (unpaired) electrons. The van der Waals surface area contributed by atoms with Gasteiger partial charge in [-0.3, -0.25) is 4.98 Å². The molecule has 0 aliphatic rings. The van der Waals surface area contributed by atoms with Gasteiger partial charge in [0.15, 0.2) is 9.84 Å². The van der Waals surface area contributed by atoms with Gasteiger partial charge in [0.25, 0.3) is 0 Å². The van der Waals surface area contributed by atoms with E-state index in [1.807, 2.05) is 0 Å². The molecule has 0 spiro atoms. The molecule has 6 heteroatoms. The van der Waals surface area contributed by atoms with Gasteiger partial charge < -0.3 is 0 Å². The minimum absolute atomic E-state index is 0.169. The molecule has 0 N–H and O–H groups in total. The Morgan fingerprint density at radius 1 is 1.29 bits per heavy atom. The minimum Gasteiger partial charge on any atom is -0.256 e. The molecule has 3 nitrogen and oxygen atoms in total. The average molecular weight is 327 g/mol. The van der Waals surface area contributed by atoms with Crippen molar-refractivity contribution in [3.63, 3.8) is 0 Å². The fraction of sp³-hybridized carbons (Fsp3) is 0.400. The van der Waals surface area contributed by atoms with E-state index >= 15 is 0 Å². The molecule has 21 heavy (non-hydrogen) atoms. The van der Waals surface area contributed by atoms with Crippen LogP contribution in [0.2, 0.25) is 0 Å². The number of thioether (sulfide) groups is 1. The SMILES string of the molecule is CC(C)S(=O)(=O)CCSCc1ccc(F)c2cccnc12. The van der Waals surface area contributed by atoms with Crippen LogP contribution in [0.15, 0.2) is 30.5 Å². The van der Waals surface area contributed by atoms with Gasteiger partial charge in [-0.15, -0.1) is 0 Å². The highest BCUT2D eigenvalue weighted by molar-refractivity contribution is 8.00. The van der Waals surface area contributed by atoms with Crippen molar-refractivity contribution >= 4 is 32.5 Å². The predicted molar refractivity (Wildman–Crippen MR) is 86.8 cm³/mol. The van der Waals surface area contributed by atoms with E-state index in [0.717, 1.165) is 5.56 Å². The lowest BCUT2D eigenvalue weighted by Crippen LogP contribution is -2.19. The Bertz CT molecular complexity index is 730. The summed E-state index contributed by atoms with van der Waals surface area (Å²) in [4.78, 5) is 4.23. The third kappa shape index (κ3) is 3.95. The van der Waals surface area contributed by atoms with E-state index in [9.17, 15) is 12.8 Å². The second-order valence-electron chi connectivity index (χ2n) is 5.07. The second kappa shape index (κ2) is 6.75. The molecule has 1 aromatic heterocycles. The highest BCUT2D eigenvalue weighted by Gasteiger charge is 2.15. The van der Waals surface area contributed by atoms with Crippen molar-refractivity contribution in [3.05, 3.63) is 41.8 Å². The molecule has 114 valence electrons. The van der Waals surface area contributed by atoms with Crippen molar-refractivity contribution in [1.82, 2.24) is 4.98 Å². The molecular weight excluding hydrogens is 309 g/mol. The minimum atomic E-state index is -3.00. The zero-order chi connectivity index (χ0) is 15.5. The molecule has 0 saturated carbocycles. The van der Waals surface area contributed by atoms with Gasteiger partial charge in [0.05, 0.1) is 16.5 Å². The largest absolute Gasteiger partial charge is 0.256 e. The average Bonchev–Trinajstić information content (AvgIpc) is 2.46. The predicted octanol–water partition coefficient (Wildman–Crippen LogP) is 3.43. The summed E-state index contributed by atoms with van der Waals surface area (Å²) >= 11 is 1.53. The smallest absolute Gasteiger partial charge is 0.153 e. The lowest BCUT2D eigenvalue weighted by Gasteiger charge is -2.08. The Kier molecular flexibility index (Phi) is 5.22. The van der Waals surface area contributed by atoms with Gasteiger partial charge in [-0.05, 0) is 37.6 Å². The number of aromatic nitrogens is 1. The van der Waals surface area contributed by atoms with Crippen molar-refractivity contribution in [2.45, 2.75) is 24.9 Å². The summed E-state index contributed by atoms with van der Waals surface area (Å²) in [5, 5.41) is 0.164. The van der Waals surface area contributed by atoms with Crippen LogP contribution in [0.5, 0.6) is 0 Å². The third-order valence-electron chi connectivity index (χ3n) is 3.29. The van der Waals surface area contributed by atoms with Crippen LogP contribution in [0.3, 0.4) is 0 Å². The van der Waals surface area contributed by atoms with E-state index in [-0.39, 0.29) is 16.8 Å². The molecule has 0 bridgehead atoms. The molecule has 0 aliphatic carbocycles. The normalized spacial score (nSPS) is 12.2. The maximum absolute atomic E-state index is 13.7. The van der Waals surface area contributed by atoms with Crippen LogP contribution >= 0.6 is 11.8 Å². The number of sulfone groups is 1. The Morgan fingerprint density at radius 2 is 2.05 bits per heavy atom. The Labute approximate surface area is 128 Å². The molecular formula is C15H18FNO2S2. The summed E-state index contributed by atoms with van der Waals surface area (Å²) in [7, 11) is -3.00. The first-order valence-electron chi connectivity index (χ1n) is 6.73. The fourth-order valence-corrected chi connectivity index (χ4v) is 4.37. The fourth-order valence-electron chi connectivity index (χ4n) is 1.91. The maximum atomic E-state index is 13.7. The van der Waals surface area contributed by atoms with Gasteiger partial charge in [0, 0.05) is 23.1 Å². The Morgan fingerprint density at radius 3 is 2.76 bits per heavy atom. The van der Waals surface area contributed by atoms with Crippen molar-refractivity contribution in [2.24, 2.45) is 0 Å². The maximum Gasteiger partial charge on any atom is 0.153 e. The Hall–Kier alpha value is -1.14. The first kappa shape index (κ1) is 16.2. The van der Waals surface area contributed by atoms with Crippen molar-refractivity contribution in [1.29, 1.82) is 0 Å². The number of halogens is 1. The van der Waals surface area contributed by atoms with E-state index in [1.165, 1.54) is 17.8 Å². The zero-order valence-electron chi connectivity index (χ0n) is 12.0. The standard InChI is InChI=1S/C15H18FNO2S2/c1-11(2)21(18,19)9-8-20-10-12-5-6-14(16)13-4-3-7-17-15(12)13/h3-7,11H,8-10H2,1-2H3. The molecule has 0 unspecified atom stereocenters. The lowest BCUT2D eigenvalue weighted by atomic mass is 10.1. The van der Waals surface area contributed by atoms with Gasteiger partial charge in [-0.25, -0.2) is 12.8 Å². The topological polar surface area (TPSA) is 47.0 Å². The highest BCUT2D eigenvalue weighted by Crippen LogP contribution is 2.23. The highest BCUT2D eigenvalue weighted by atomic mass is 32.2. The van der Waals surface area contributed by atoms with Gasteiger partial charge in [0.2, 0.25) is 0 Å². The number of rotatable bonds is 6. The monoisotopic (exact) mass is 327 g/mol. The quantitative estimate of drug-likeness (QED) is 0.763.